The third kappa shape index (κ3) is 4.91. The van der Waals surface area contributed by atoms with Crippen LogP contribution >= 0.6 is 0 Å². The highest BCUT2D eigenvalue weighted by Crippen LogP contribution is 2.24. The van der Waals surface area contributed by atoms with E-state index in [1.165, 1.54) is 25.4 Å². The van der Waals surface area contributed by atoms with Crippen LogP contribution in [0, 0.1) is 5.82 Å². The maximum atomic E-state index is 13.3. The quantitative estimate of drug-likeness (QED) is 0.409. The summed E-state index contributed by atoms with van der Waals surface area (Å²) < 4.78 is 13.3. The van der Waals surface area contributed by atoms with Gasteiger partial charge in [0, 0.05) is 24.7 Å². The molecule has 0 aliphatic heterocycles. The second-order valence-electron chi connectivity index (χ2n) is 7.50. The second-order valence-corrected chi connectivity index (χ2v) is 7.50. The minimum atomic E-state index is -0.444. The summed E-state index contributed by atoms with van der Waals surface area (Å²) in [5.41, 5.74) is 9.93. The van der Waals surface area contributed by atoms with Crippen LogP contribution < -0.4 is 16.4 Å². The van der Waals surface area contributed by atoms with E-state index in [0.717, 1.165) is 16.7 Å². The molecule has 4 rings (SSSR count). The Morgan fingerprint density at radius 3 is 2.47 bits per heavy atom. The van der Waals surface area contributed by atoms with Gasteiger partial charge in [-0.1, -0.05) is 48.5 Å². The van der Waals surface area contributed by atoms with Gasteiger partial charge in [-0.05, 0) is 41.0 Å². The number of carbonyl (C=O) groups is 2. The highest BCUT2D eigenvalue weighted by Gasteiger charge is 2.15. The maximum Gasteiger partial charge on any atom is 0.273 e. The number of aromatic nitrogens is 2. The van der Waals surface area contributed by atoms with Crippen LogP contribution in [0.2, 0.25) is 0 Å². The average molecular weight is 455 g/mol. The Labute approximate surface area is 195 Å². The van der Waals surface area contributed by atoms with Crippen LogP contribution in [0.25, 0.3) is 22.4 Å². The van der Waals surface area contributed by atoms with E-state index < -0.39 is 5.91 Å². The molecule has 2 amide bonds. The monoisotopic (exact) mass is 455 g/mol. The fourth-order valence-electron chi connectivity index (χ4n) is 3.51. The molecule has 0 aliphatic rings. The fourth-order valence-corrected chi connectivity index (χ4v) is 3.51. The highest BCUT2D eigenvalue weighted by molar-refractivity contribution is 5.97. The first-order valence-corrected chi connectivity index (χ1v) is 10.5. The number of nitrogens with two attached hydrogens (primary N) is 1. The van der Waals surface area contributed by atoms with Crippen LogP contribution in [0.3, 0.4) is 0 Å². The van der Waals surface area contributed by atoms with Crippen LogP contribution in [0.15, 0.2) is 79.0 Å². The first-order chi connectivity index (χ1) is 16.5. The minimum absolute atomic E-state index is 0.0206. The van der Waals surface area contributed by atoms with E-state index in [1.54, 1.807) is 36.4 Å². The Kier molecular flexibility index (Phi) is 6.59. The van der Waals surface area contributed by atoms with E-state index in [1.807, 2.05) is 24.3 Å². The second kappa shape index (κ2) is 9.91. The van der Waals surface area contributed by atoms with Gasteiger partial charge in [0.1, 0.15) is 5.82 Å². The molecule has 34 heavy (non-hydrogen) atoms. The van der Waals surface area contributed by atoms with Crippen LogP contribution in [0.4, 0.5) is 10.2 Å². The summed E-state index contributed by atoms with van der Waals surface area (Å²) in [5.74, 6) is -0.995. The van der Waals surface area contributed by atoms with Gasteiger partial charge in [0.25, 0.3) is 11.8 Å². The third-order valence-electron chi connectivity index (χ3n) is 5.28. The summed E-state index contributed by atoms with van der Waals surface area (Å²) in [6, 6.07) is 20.7. The van der Waals surface area contributed by atoms with Crippen molar-refractivity contribution in [3.05, 3.63) is 102 Å². The molecule has 0 aliphatic carbocycles. The zero-order chi connectivity index (χ0) is 24.1. The topological polar surface area (TPSA) is 110 Å². The van der Waals surface area contributed by atoms with E-state index in [-0.39, 0.29) is 23.2 Å². The van der Waals surface area contributed by atoms with Gasteiger partial charge in [0.2, 0.25) is 0 Å². The molecule has 0 spiro atoms. The van der Waals surface area contributed by atoms with Crippen molar-refractivity contribution in [3.8, 4) is 22.4 Å². The standard InChI is InChI=1S/C26H22FN5O2/c1-29-26(34)23-24(28)30-15-22(32-23)17-6-4-7-18(13-17)25(33)31-14-19-5-2-3-8-21(19)16-9-11-20(27)12-10-16/h2-13,15H,14H2,1H3,(H2,28,30)(H,29,34)(H,31,33). The zero-order valence-electron chi connectivity index (χ0n) is 18.4. The van der Waals surface area contributed by atoms with Gasteiger partial charge >= 0.3 is 0 Å². The number of hydrogen-bond acceptors (Lipinski definition) is 5. The number of nitrogen functional groups attached to an aromatic ring is 1. The molecule has 4 aromatic rings. The van der Waals surface area contributed by atoms with Crippen molar-refractivity contribution in [1.82, 2.24) is 20.6 Å². The lowest BCUT2D eigenvalue weighted by molar-refractivity contribution is 0.0945. The number of carbonyl (C=O) groups excluding carboxylic acids is 2. The fraction of sp³-hybridized carbons (Fsp3) is 0.0769. The Bertz CT molecular complexity index is 1360. The molecule has 1 heterocycles. The van der Waals surface area contributed by atoms with Crippen molar-refractivity contribution < 1.29 is 14.0 Å². The normalized spacial score (nSPS) is 10.5. The molecule has 0 saturated heterocycles. The molecule has 0 saturated carbocycles. The van der Waals surface area contributed by atoms with Crippen molar-refractivity contribution in [1.29, 1.82) is 0 Å². The number of amides is 2. The van der Waals surface area contributed by atoms with E-state index in [4.69, 9.17) is 5.73 Å². The SMILES string of the molecule is CNC(=O)c1nc(-c2cccc(C(=O)NCc3ccccc3-c3ccc(F)cc3)c2)cnc1N. The number of benzene rings is 3. The molecular formula is C26H22FN5O2. The average Bonchev–Trinajstić information content (AvgIpc) is 2.88. The molecule has 0 unspecified atom stereocenters. The van der Waals surface area contributed by atoms with Gasteiger partial charge in [-0.3, -0.25) is 9.59 Å². The molecule has 1 aromatic heterocycles. The molecule has 0 radical (unpaired) electrons. The van der Waals surface area contributed by atoms with Crippen LogP contribution in [0.1, 0.15) is 26.4 Å². The number of rotatable bonds is 6. The molecule has 0 bridgehead atoms. The van der Waals surface area contributed by atoms with E-state index in [9.17, 15) is 14.0 Å². The molecule has 0 atom stereocenters. The lowest BCUT2D eigenvalue weighted by Gasteiger charge is -2.12. The van der Waals surface area contributed by atoms with Crippen LogP contribution in [-0.4, -0.2) is 28.8 Å². The highest BCUT2D eigenvalue weighted by atomic mass is 19.1. The van der Waals surface area contributed by atoms with Gasteiger partial charge in [-0.15, -0.1) is 0 Å². The summed E-state index contributed by atoms with van der Waals surface area (Å²) in [4.78, 5) is 33.2. The lowest BCUT2D eigenvalue weighted by atomic mass is 9.99. The summed E-state index contributed by atoms with van der Waals surface area (Å²) in [7, 11) is 1.48. The predicted molar refractivity (Wildman–Crippen MR) is 128 cm³/mol. The minimum Gasteiger partial charge on any atom is -0.382 e. The molecule has 4 N–H and O–H groups in total. The molecule has 8 heteroatoms. The molecule has 3 aromatic carbocycles. The van der Waals surface area contributed by atoms with Crippen molar-refractivity contribution >= 4 is 17.6 Å². The van der Waals surface area contributed by atoms with Crippen molar-refractivity contribution in [2.75, 3.05) is 12.8 Å². The number of nitrogens with zero attached hydrogens (tertiary/aromatic N) is 2. The smallest absolute Gasteiger partial charge is 0.273 e. The van der Waals surface area contributed by atoms with Crippen LogP contribution in [0.5, 0.6) is 0 Å². The molecule has 170 valence electrons. The first-order valence-electron chi connectivity index (χ1n) is 10.5. The largest absolute Gasteiger partial charge is 0.382 e. The molecule has 7 nitrogen and oxygen atoms in total. The third-order valence-corrected chi connectivity index (χ3v) is 5.28. The summed E-state index contributed by atoms with van der Waals surface area (Å²) in [6.45, 7) is 0.291. The Hall–Kier alpha value is -4.59. The number of hydrogen-bond donors (Lipinski definition) is 3. The van der Waals surface area contributed by atoms with Gasteiger partial charge in [0.05, 0.1) is 11.9 Å². The Morgan fingerprint density at radius 2 is 1.71 bits per heavy atom. The van der Waals surface area contributed by atoms with Crippen LogP contribution in [-0.2, 0) is 6.54 Å². The number of halogens is 1. The summed E-state index contributed by atoms with van der Waals surface area (Å²) in [5, 5.41) is 5.41. The van der Waals surface area contributed by atoms with Crippen molar-refractivity contribution in [2.24, 2.45) is 0 Å². The summed E-state index contributed by atoms with van der Waals surface area (Å²) in [6.07, 6.45) is 1.46. The Balaban J connectivity index is 1.54. The number of anilines is 1. The Morgan fingerprint density at radius 1 is 0.941 bits per heavy atom. The number of nitrogens with one attached hydrogen (secondary N) is 2. The molecule has 0 fully saturated rings. The lowest BCUT2D eigenvalue weighted by Crippen LogP contribution is -2.23. The van der Waals surface area contributed by atoms with Gasteiger partial charge in [-0.2, -0.15) is 0 Å². The van der Waals surface area contributed by atoms with Gasteiger partial charge in [0.15, 0.2) is 11.5 Å². The first kappa shape index (κ1) is 22.6. The summed E-state index contributed by atoms with van der Waals surface area (Å²) >= 11 is 0. The van der Waals surface area contributed by atoms with E-state index in [2.05, 4.69) is 20.6 Å². The van der Waals surface area contributed by atoms with E-state index in [0.29, 0.717) is 23.4 Å². The van der Waals surface area contributed by atoms with Gasteiger partial charge < -0.3 is 16.4 Å². The van der Waals surface area contributed by atoms with E-state index >= 15 is 0 Å². The predicted octanol–water partition coefficient (Wildman–Crippen LogP) is 3.82. The molecular weight excluding hydrogens is 433 g/mol. The zero-order valence-corrected chi connectivity index (χ0v) is 18.4. The van der Waals surface area contributed by atoms with Crippen molar-refractivity contribution in [2.45, 2.75) is 6.54 Å². The maximum absolute atomic E-state index is 13.3. The van der Waals surface area contributed by atoms with Gasteiger partial charge in [-0.25, -0.2) is 14.4 Å². The van der Waals surface area contributed by atoms with Crippen molar-refractivity contribution in [3.63, 3.8) is 0 Å².